The van der Waals surface area contributed by atoms with Gasteiger partial charge in [0.15, 0.2) is 0 Å². The van der Waals surface area contributed by atoms with Crippen LogP contribution in [0.2, 0.25) is 0 Å². The van der Waals surface area contributed by atoms with Gasteiger partial charge in [-0.1, -0.05) is 24.3 Å². The van der Waals surface area contributed by atoms with Gasteiger partial charge in [0.25, 0.3) is 0 Å². The zero-order valence-electron chi connectivity index (χ0n) is 10.3. The number of nitrogens with two attached hydrogens (primary N) is 1. The van der Waals surface area contributed by atoms with Crippen LogP contribution < -0.4 is 11.1 Å². The maximum Gasteiger partial charge on any atom is 0.0713 e. The molecule has 0 bridgehead atoms. The summed E-state index contributed by atoms with van der Waals surface area (Å²) >= 11 is 0. The SMILES string of the molecule is C#CCCNC(CN)c1ccc(COC)cc1. The average Bonchev–Trinajstić information content (AvgIpc) is 2.36. The summed E-state index contributed by atoms with van der Waals surface area (Å²) in [6, 6.07) is 8.44. The maximum atomic E-state index is 5.74. The lowest BCUT2D eigenvalue weighted by Crippen LogP contribution is -2.28. The smallest absolute Gasteiger partial charge is 0.0713 e. The summed E-state index contributed by atoms with van der Waals surface area (Å²) in [6.45, 7) is 1.99. The largest absolute Gasteiger partial charge is 0.380 e. The monoisotopic (exact) mass is 232 g/mol. The van der Waals surface area contributed by atoms with E-state index in [1.54, 1.807) is 7.11 Å². The van der Waals surface area contributed by atoms with E-state index < -0.39 is 0 Å². The minimum absolute atomic E-state index is 0.167. The van der Waals surface area contributed by atoms with E-state index in [0.717, 1.165) is 18.5 Å². The molecule has 0 amide bonds. The van der Waals surface area contributed by atoms with Crippen LogP contribution in [0.5, 0.6) is 0 Å². The van der Waals surface area contributed by atoms with Crippen LogP contribution in [0.3, 0.4) is 0 Å². The molecular formula is C14H20N2O. The molecule has 1 atom stereocenters. The average molecular weight is 232 g/mol. The van der Waals surface area contributed by atoms with Crippen molar-refractivity contribution < 1.29 is 4.74 Å². The highest BCUT2D eigenvalue weighted by atomic mass is 16.5. The van der Waals surface area contributed by atoms with Crippen LogP contribution in [0.1, 0.15) is 23.6 Å². The number of ether oxygens (including phenoxy) is 1. The molecule has 0 heterocycles. The first kappa shape index (κ1) is 13.7. The number of hydrogen-bond donors (Lipinski definition) is 2. The molecule has 3 N–H and O–H groups in total. The van der Waals surface area contributed by atoms with Crippen molar-refractivity contribution in [1.29, 1.82) is 0 Å². The second-order valence-corrected chi connectivity index (χ2v) is 3.87. The second-order valence-electron chi connectivity index (χ2n) is 3.87. The fraction of sp³-hybridized carbons (Fsp3) is 0.429. The summed E-state index contributed by atoms with van der Waals surface area (Å²) in [4.78, 5) is 0. The molecule has 0 aliphatic carbocycles. The Hall–Kier alpha value is -1.34. The Bertz CT molecular complexity index is 353. The van der Waals surface area contributed by atoms with Crippen molar-refractivity contribution in [2.75, 3.05) is 20.2 Å². The summed E-state index contributed by atoms with van der Waals surface area (Å²) in [5.41, 5.74) is 8.09. The van der Waals surface area contributed by atoms with Crippen LogP contribution in [-0.4, -0.2) is 20.2 Å². The van der Waals surface area contributed by atoms with Crippen molar-refractivity contribution >= 4 is 0 Å². The second kappa shape index (κ2) is 7.86. The summed E-state index contributed by atoms with van der Waals surface area (Å²) < 4.78 is 5.07. The lowest BCUT2D eigenvalue weighted by Gasteiger charge is -2.17. The molecule has 0 aliphatic rings. The van der Waals surface area contributed by atoms with Crippen LogP contribution in [0, 0.1) is 12.3 Å². The van der Waals surface area contributed by atoms with E-state index >= 15 is 0 Å². The Balaban J connectivity index is 2.59. The van der Waals surface area contributed by atoms with Gasteiger partial charge < -0.3 is 15.8 Å². The highest BCUT2D eigenvalue weighted by molar-refractivity contribution is 5.25. The molecule has 0 fully saturated rings. The first-order chi connectivity index (χ1) is 8.31. The van der Waals surface area contributed by atoms with Gasteiger partial charge in [-0.3, -0.25) is 0 Å². The molecule has 0 aromatic heterocycles. The van der Waals surface area contributed by atoms with E-state index in [1.165, 1.54) is 5.56 Å². The van der Waals surface area contributed by atoms with Gasteiger partial charge in [0.1, 0.15) is 0 Å². The number of benzene rings is 1. The standard InChI is InChI=1S/C14H20N2O/c1-3-4-9-16-14(10-15)13-7-5-12(6-8-13)11-17-2/h1,5-8,14,16H,4,9-11,15H2,2H3. The highest BCUT2D eigenvalue weighted by Crippen LogP contribution is 2.13. The fourth-order valence-electron chi connectivity index (χ4n) is 1.67. The Morgan fingerprint density at radius 3 is 2.65 bits per heavy atom. The van der Waals surface area contributed by atoms with Gasteiger partial charge in [0.2, 0.25) is 0 Å². The van der Waals surface area contributed by atoms with Gasteiger partial charge in [-0.2, -0.15) is 0 Å². The van der Waals surface area contributed by atoms with Gasteiger partial charge in [0, 0.05) is 32.7 Å². The van der Waals surface area contributed by atoms with E-state index in [4.69, 9.17) is 16.9 Å². The molecule has 0 spiro atoms. The van der Waals surface area contributed by atoms with Crippen molar-refractivity contribution in [3.05, 3.63) is 35.4 Å². The Kier molecular flexibility index (Phi) is 6.34. The predicted octanol–water partition coefficient (Wildman–Crippen LogP) is 1.45. The first-order valence-corrected chi connectivity index (χ1v) is 5.76. The van der Waals surface area contributed by atoms with Gasteiger partial charge in [0.05, 0.1) is 6.61 Å². The summed E-state index contributed by atoms with van der Waals surface area (Å²) in [6.07, 6.45) is 5.93. The van der Waals surface area contributed by atoms with E-state index in [-0.39, 0.29) is 6.04 Å². The molecule has 1 aromatic rings. The predicted molar refractivity (Wildman–Crippen MR) is 70.4 cm³/mol. The molecule has 3 heteroatoms. The van der Waals surface area contributed by atoms with Gasteiger partial charge in [-0.15, -0.1) is 12.3 Å². The van der Waals surface area contributed by atoms with E-state index in [2.05, 4.69) is 35.5 Å². The molecule has 0 aliphatic heterocycles. The number of hydrogen-bond acceptors (Lipinski definition) is 3. The third-order valence-electron chi connectivity index (χ3n) is 2.59. The Morgan fingerprint density at radius 1 is 1.41 bits per heavy atom. The maximum absolute atomic E-state index is 5.74. The molecule has 1 aromatic carbocycles. The van der Waals surface area contributed by atoms with Crippen LogP contribution in [0.15, 0.2) is 24.3 Å². The minimum atomic E-state index is 0.167. The van der Waals surface area contributed by atoms with Crippen molar-refractivity contribution in [1.82, 2.24) is 5.32 Å². The topological polar surface area (TPSA) is 47.3 Å². The summed E-state index contributed by atoms with van der Waals surface area (Å²) in [7, 11) is 1.69. The number of rotatable bonds is 7. The quantitative estimate of drug-likeness (QED) is 0.552. The van der Waals surface area contributed by atoms with Crippen LogP contribution in [0.25, 0.3) is 0 Å². The van der Waals surface area contributed by atoms with Gasteiger partial charge in [-0.05, 0) is 11.1 Å². The van der Waals surface area contributed by atoms with Crippen LogP contribution >= 0.6 is 0 Å². The lowest BCUT2D eigenvalue weighted by atomic mass is 10.0. The molecule has 0 saturated carbocycles. The summed E-state index contributed by atoms with van der Waals surface area (Å²) in [5.74, 6) is 2.60. The molecule has 1 unspecified atom stereocenters. The molecule has 3 nitrogen and oxygen atoms in total. The third kappa shape index (κ3) is 4.58. The van der Waals surface area contributed by atoms with Crippen LogP contribution in [0.4, 0.5) is 0 Å². The first-order valence-electron chi connectivity index (χ1n) is 5.76. The number of nitrogens with one attached hydrogen (secondary N) is 1. The minimum Gasteiger partial charge on any atom is -0.380 e. The normalized spacial score (nSPS) is 12.1. The Labute approximate surface area is 103 Å². The zero-order valence-corrected chi connectivity index (χ0v) is 10.3. The molecular weight excluding hydrogens is 212 g/mol. The third-order valence-corrected chi connectivity index (χ3v) is 2.59. The number of terminal acetylenes is 1. The molecule has 92 valence electrons. The van der Waals surface area contributed by atoms with Crippen LogP contribution in [-0.2, 0) is 11.3 Å². The van der Waals surface area contributed by atoms with Crippen molar-refractivity contribution in [2.24, 2.45) is 5.73 Å². The van der Waals surface area contributed by atoms with Gasteiger partial charge in [-0.25, -0.2) is 0 Å². The molecule has 17 heavy (non-hydrogen) atoms. The molecule has 1 rings (SSSR count). The summed E-state index contributed by atoms with van der Waals surface area (Å²) in [5, 5.41) is 3.34. The lowest BCUT2D eigenvalue weighted by molar-refractivity contribution is 0.185. The molecule has 0 saturated heterocycles. The van der Waals surface area contributed by atoms with Crippen molar-refractivity contribution in [3.8, 4) is 12.3 Å². The molecule has 0 radical (unpaired) electrons. The van der Waals surface area contributed by atoms with Crippen molar-refractivity contribution in [3.63, 3.8) is 0 Å². The fourth-order valence-corrected chi connectivity index (χ4v) is 1.67. The van der Waals surface area contributed by atoms with E-state index in [0.29, 0.717) is 13.2 Å². The zero-order chi connectivity index (χ0) is 12.5. The Morgan fingerprint density at radius 2 is 2.12 bits per heavy atom. The van der Waals surface area contributed by atoms with Crippen molar-refractivity contribution in [2.45, 2.75) is 19.1 Å². The highest BCUT2D eigenvalue weighted by Gasteiger charge is 2.07. The van der Waals surface area contributed by atoms with E-state index in [1.807, 2.05) is 0 Å². The van der Waals surface area contributed by atoms with E-state index in [9.17, 15) is 0 Å². The van der Waals surface area contributed by atoms with Gasteiger partial charge >= 0.3 is 0 Å². The number of methoxy groups -OCH3 is 1.